The Kier molecular flexibility index (Phi) is 5.05. The number of halogens is 2. The Morgan fingerprint density at radius 2 is 1.89 bits per heavy atom. The maximum atomic E-state index is 14.3. The summed E-state index contributed by atoms with van der Waals surface area (Å²) < 4.78 is 38.7. The fraction of sp³-hybridized carbons (Fsp3) is 1.00. The molecule has 1 fully saturated rings. The van der Waals surface area contributed by atoms with Gasteiger partial charge in [0.15, 0.2) is 0 Å². The Balaban J connectivity index is 2.74. The molecule has 0 spiro atoms. The second-order valence-corrected chi connectivity index (χ2v) is 5.17. The van der Waals surface area contributed by atoms with E-state index in [0.29, 0.717) is 19.7 Å². The highest BCUT2D eigenvalue weighted by molar-refractivity contribution is 4.92. The van der Waals surface area contributed by atoms with Gasteiger partial charge < -0.3 is 9.47 Å². The lowest BCUT2D eigenvalue weighted by Gasteiger charge is -2.40. The number of methoxy groups -OCH3 is 2. The molecule has 4 nitrogen and oxygen atoms in total. The third-order valence-corrected chi connectivity index (χ3v) is 3.90. The highest BCUT2D eigenvalue weighted by Crippen LogP contribution is 2.35. The largest absolute Gasteiger partial charge is 0.383 e. The van der Waals surface area contributed by atoms with E-state index in [9.17, 15) is 8.78 Å². The molecule has 0 radical (unpaired) electrons. The zero-order valence-electron chi connectivity index (χ0n) is 11.9. The first-order valence-corrected chi connectivity index (χ1v) is 6.21. The molecule has 0 aromatic heterocycles. The van der Waals surface area contributed by atoms with Crippen LogP contribution in [0.4, 0.5) is 8.78 Å². The zero-order chi connectivity index (χ0) is 14.0. The molecule has 0 bridgehead atoms. The lowest BCUT2D eigenvalue weighted by Crippen LogP contribution is -2.56. The molecule has 0 aromatic rings. The molecule has 1 aliphatic rings. The number of hydrogen-bond donors (Lipinski definition) is 0. The molecule has 1 atom stereocenters. The van der Waals surface area contributed by atoms with Crippen molar-refractivity contribution >= 4 is 0 Å². The lowest BCUT2D eigenvalue weighted by atomic mass is 9.99. The minimum Gasteiger partial charge on any atom is -0.383 e. The summed E-state index contributed by atoms with van der Waals surface area (Å²) in [5.41, 5.74) is -0.610. The van der Waals surface area contributed by atoms with Crippen molar-refractivity contribution in [1.29, 1.82) is 0 Å². The molecule has 108 valence electrons. The first kappa shape index (κ1) is 15.8. The van der Waals surface area contributed by atoms with Crippen LogP contribution in [0.15, 0.2) is 0 Å². The van der Waals surface area contributed by atoms with E-state index in [0.717, 1.165) is 4.90 Å². The Morgan fingerprint density at radius 1 is 1.28 bits per heavy atom. The van der Waals surface area contributed by atoms with Crippen molar-refractivity contribution in [1.82, 2.24) is 9.80 Å². The van der Waals surface area contributed by atoms with Crippen molar-refractivity contribution < 1.29 is 18.3 Å². The van der Waals surface area contributed by atoms with Crippen LogP contribution in [0.2, 0.25) is 0 Å². The summed E-state index contributed by atoms with van der Waals surface area (Å²) in [6, 6.07) is -0.370. The quantitative estimate of drug-likeness (QED) is 0.682. The van der Waals surface area contributed by atoms with Gasteiger partial charge in [-0.05, 0) is 20.8 Å². The molecule has 18 heavy (non-hydrogen) atoms. The summed E-state index contributed by atoms with van der Waals surface area (Å²) in [6.07, 6.45) is -2.94. The van der Waals surface area contributed by atoms with Gasteiger partial charge in [0.1, 0.15) is 0 Å². The van der Waals surface area contributed by atoms with E-state index in [1.54, 1.807) is 14.0 Å². The van der Waals surface area contributed by atoms with Crippen LogP contribution in [-0.4, -0.2) is 68.1 Å². The SMILES string of the molecule is COCCN1CCN(C(C)C(C)(C)OC)C1(F)F. The van der Waals surface area contributed by atoms with E-state index < -0.39 is 11.8 Å². The number of hydrogen-bond acceptors (Lipinski definition) is 4. The number of rotatable bonds is 6. The molecular formula is C12H24F2N2O2. The van der Waals surface area contributed by atoms with Crippen LogP contribution in [-0.2, 0) is 9.47 Å². The van der Waals surface area contributed by atoms with Crippen molar-refractivity contribution in [2.24, 2.45) is 0 Å². The van der Waals surface area contributed by atoms with Crippen molar-refractivity contribution in [3.63, 3.8) is 0 Å². The van der Waals surface area contributed by atoms with E-state index >= 15 is 0 Å². The van der Waals surface area contributed by atoms with Crippen LogP contribution in [0.3, 0.4) is 0 Å². The van der Waals surface area contributed by atoms with Crippen molar-refractivity contribution in [3.8, 4) is 0 Å². The summed E-state index contributed by atoms with van der Waals surface area (Å²) in [7, 11) is 3.07. The fourth-order valence-corrected chi connectivity index (χ4v) is 2.10. The average Bonchev–Trinajstić information content (AvgIpc) is 2.60. The van der Waals surface area contributed by atoms with Crippen molar-refractivity contribution in [2.75, 3.05) is 40.5 Å². The Morgan fingerprint density at radius 3 is 2.39 bits per heavy atom. The second kappa shape index (κ2) is 5.77. The van der Waals surface area contributed by atoms with Gasteiger partial charge in [-0.1, -0.05) is 0 Å². The van der Waals surface area contributed by atoms with Crippen LogP contribution >= 0.6 is 0 Å². The monoisotopic (exact) mass is 266 g/mol. The Labute approximate surface area is 108 Å². The average molecular weight is 266 g/mol. The summed E-state index contributed by atoms with van der Waals surface area (Å²) in [6.45, 7) is 6.66. The number of alkyl halides is 2. The zero-order valence-corrected chi connectivity index (χ0v) is 11.9. The van der Waals surface area contributed by atoms with Gasteiger partial charge in [0.2, 0.25) is 0 Å². The van der Waals surface area contributed by atoms with Crippen molar-refractivity contribution in [3.05, 3.63) is 0 Å². The van der Waals surface area contributed by atoms with E-state index in [1.807, 2.05) is 13.8 Å². The molecule has 1 saturated heterocycles. The number of nitrogens with zero attached hydrogens (tertiary/aromatic N) is 2. The van der Waals surface area contributed by atoms with E-state index in [2.05, 4.69) is 0 Å². The predicted molar refractivity (Wildman–Crippen MR) is 65.7 cm³/mol. The molecule has 0 aliphatic carbocycles. The summed E-state index contributed by atoms with van der Waals surface area (Å²) in [5.74, 6) is 0. The molecular weight excluding hydrogens is 242 g/mol. The molecule has 1 rings (SSSR count). The maximum absolute atomic E-state index is 14.3. The summed E-state index contributed by atoms with van der Waals surface area (Å²) in [4.78, 5) is 2.35. The molecule has 0 saturated carbocycles. The van der Waals surface area contributed by atoms with Gasteiger partial charge in [0, 0.05) is 39.9 Å². The Hall–Kier alpha value is -0.300. The molecule has 0 amide bonds. The highest BCUT2D eigenvalue weighted by Gasteiger charge is 2.53. The molecule has 1 unspecified atom stereocenters. The normalized spacial score (nSPS) is 23.5. The van der Waals surface area contributed by atoms with Gasteiger partial charge >= 0.3 is 6.17 Å². The van der Waals surface area contributed by atoms with E-state index in [4.69, 9.17) is 9.47 Å². The summed E-state index contributed by atoms with van der Waals surface area (Å²) >= 11 is 0. The van der Waals surface area contributed by atoms with E-state index in [-0.39, 0.29) is 12.6 Å². The second-order valence-electron chi connectivity index (χ2n) is 5.17. The van der Waals surface area contributed by atoms with Crippen LogP contribution in [0.25, 0.3) is 0 Å². The van der Waals surface area contributed by atoms with Crippen molar-refractivity contribution in [2.45, 2.75) is 38.6 Å². The van der Waals surface area contributed by atoms with Gasteiger partial charge in [-0.3, -0.25) is 0 Å². The van der Waals surface area contributed by atoms with Gasteiger partial charge in [0.25, 0.3) is 0 Å². The number of ether oxygens (including phenoxy) is 2. The van der Waals surface area contributed by atoms with Crippen LogP contribution in [0.5, 0.6) is 0 Å². The predicted octanol–water partition coefficient (Wildman–Crippen LogP) is 1.61. The minimum atomic E-state index is -2.94. The molecule has 1 aliphatic heterocycles. The van der Waals surface area contributed by atoms with Gasteiger partial charge in [-0.25, -0.2) is 9.80 Å². The van der Waals surface area contributed by atoms with Gasteiger partial charge in [-0.15, -0.1) is 0 Å². The molecule has 0 aromatic carbocycles. The van der Waals surface area contributed by atoms with Gasteiger partial charge in [0.05, 0.1) is 12.2 Å². The highest BCUT2D eigenvalue weighted by atomic mass is 19.3. The van der Waals surface area contributed by atoms with Gasteiger partial charge in [-0.2, -0.15) is 8.78 Å². The standard InChI is InChI=1S/C12H24F2N2O2/c1-10(11(2,3)18-5)16-7-6-15(8-9-17-4)12(16,13)14/h10H,6-9H2,1-5H3. The summed E-state index contributed by atoms with van der Waals surface area (Å²) in [5, 5.41) is 0. The fourth-order valence-electron chi connectivity index (χ4n) is 2.10. The molecule has 1 heterocycles. The first-order valence-electron chi connectivity index (χ1n) is 6.21. The third kappa shape index (κ3) is 2.99. The van der Waals surface area contributed by atoms with Crippen LogP contribution in [0.1, 0.15) is 20.8 Å². The van der Waals surface area contributed by atoms with Crippen LogP contribution in [0, 0.1) is 0 Å². The topological polar surface area (TPSA) is 24.9 Å². The first-order chi connectivity index (χ1) is 8.27. The minimum absolute atomic E-state index is 0.236. The van der Waals surface area contributed by atoms with E-state index in [1.165, 1.54) is 12.0 Å². The smallest absolute Gasteiger partial charge is 0.370 e. The molecule has 0 N–H and O–H groups in total. The van der Waals surface area contributed by atoms with Crippen LogP contribution < -0.4 is 0 Å². The molecule has 6 heteroatoms. The third-order valence-electron chi connectivity index (χ3n) is 3.90. The Bertz CT molecular complexity index is 275. The lowest BCUT2D eigenvalue weighted by molar-refractivity contribution is -0.239. The maximum Gasteiger partial charge on any atom is 0.370 e.